The van der Waals surface area contributed by atoms with Crippen molar-refractivity contribution in [1.82, 2.24) is 30.1 Å². The van der Waals surface area contributed by atoms with Gasteiger partial charge in [0.1, 0.15) is 11.8 Å². The first-order valence-electron chi connectivity index (χ1n) is 13.3. The predicted octanol–water partition coefficient (Wildman–Crippen LogP) is 4.20. The highest BCUT2D eigenvalue weighted by molar-refractivity contribution is 5.83. The third-order valence-corrected chi connectivity index (χ3v) is 7.91. The number of hydrogen-bond donors (Lipinski definition) is 1. The summed E-state index contributed by atoms with van der Waals surface area (Å²) in [5.74, 6) is 1.54. The Morgan fingerprint density at radius 3 is 2.42 bits per heavy atom. The van der Waals surface area contributed by atoms with Crippen LogP contribution in [-0.2, 0) is 5.54 Å². The van der Waals surface area contributed by atoms with E-state index in [0.29, 0.717) is 11.4 Å². The summed E-state index contributed by atoms with van der Waals surface area (Å²) in [5.41, 5.74) is 4.53. The summed E-state index contributed by atoms with van der Waals surface area (Å²) < 4.78 is 7.22. The predicted molar refractivity (Wildman–Crippen MR) is 150 cm³/mol. The minimum atomic E-state index is -0.372. The number of piperazine rings is 1. The lowest BCUT2D eigenvalue weighted by Crippen LogP contribution is -2.49. The summed E-state index contributed by atoms with van der Waals surface area (Å²) in [7, 11) is 1.68. The Kier molecular flexibility index (Phi) is 6.96. The first-order valence-corrected chi connectivity index (χ1v) is 13.3. The molecule has 38 heavy (non-hydrogen) atoms. The number of H-pyrrole nitrogens is 1. The van der Waals surface area contributed by atoms with Gasteiger partial charge >= 0.3 is 0 Å². The van der Waals surface area contributed by atoms with Crippen molar-refractivity contribution in [2.24, 2.45) is 0 Å². The highest BCUT2D eigenvalue weighted by Crippen LogP contribution is 2.32. The van der Waals surface area contributed by atoms with E-state index in [9.17, 15) is 4.79 Å². The Balaban J connectivity index is 1.56. The number of hydrogen-bond acceptors (Lipinski definition) is 7. The standard InChI is InChI=1S/C29H37N7O2/c1-7-29(4,5)36-27(31-32-33-36)26(24-18-21-17-19(2)16-20(3)25(21)30-28(24)37)35-14-12-34(13-15-35)22-8-10-23(38-6)11-9-22/h8-11,16-18,26H,7,12-15H2,1-6H3,(H,30,37). The van der Waals surface area contributed by atoms with E-state index >= 15 is 0 Å². The highest BCUT2D eigenvalue weighted by atomic mass is 16.5. The van der Waals surface area contributed by atoms with E-state index in [2.05, 4.69) is 82.3 Å². The van der Waals surface area contributed by atoms with E-state index in [-0.39, 0.29) is 17.1 Å². The van der Waals surface area contributed by atoms with E-state index in [1.165, 1.54) is 0 Å². The van der Waals surface area contributed by atoms with Crippen LogP contribution in [0.2, 0.25) is 0 Å². The number of aromatic amines is 1. The van der Waals surface area contributed by atoms with E-state index in [0.717, 1.165) is 66.1 Å². The van der Waals surface area contributed by atoms with E-state index < -0.39 is 0 Å². The second-order valence-corrected chi connectivity index (χ2v) is 10.8. The molecule has 0 bridgehead atoms. The molecule has 2 aromatic heterocycles. The largest absolute Gasteiger partial charge is 0.497 e. The van der Waals surface area contributed by atoms with Gasteiger partial charge in [-0.15, -0.1) is 5.10 Å². The van der Waals surface area contributed by atoms with Crippen molar-refractivity contribution in [3.05, 3.63) is 75.3 Å². The number of benzene rings is 2. The first kappa shape index (κ1) is 25.9. The molecule has 0 radical (unpaired) electrons. The average molecular weight is 516 g/mol. The van der Waals surface area contributed by atoms with Gasteiger partial charge in [0.25, 0.3) is 5.56 Å². The molecule has 1 saturated heterocycles. The van der Waals surface area contributed by atoms with Gasteiger partial charge in [0.2, 0.25) is 0 Å². The van der Waals surface area contributed by atoms with Crippen molar-refractivity contribution in [2.75, 3.05) is 38.2 Å². The van der Waals surface area contributed by atoms with Crippen molar-refractivity contribution >= 4 is 16.6 Å². The minimum Gasteiger partial charge on any atom is -0.497 e. The van der Waals surface area contributed by atoms with Gasteiger partial charge in [-0.2, -0.15) is 0 Å². The fraction of sp³-hybridized carbons (Fsp3) is 0.448. The highest BCUT2D eigenvalue weighted by Gasteiger charge is 2.35. The van der Waals surface area contributed by atoms with Crippen molar-refractivity contribution in [3.8, 4) is 5.75 Å². The zero-order valence-corrected chi connectivity index (χ0v) is 23.2. The molecule has 2 aromatic carbocycles. The Hall–Kier alpha value is -3.72. The van der Waals surface area contributed by atoms with Gasteiger partial charge in [-0.05, 0) is 91.9 Å². The smallest absolute Gasteiger partial charge is 0.253 e. The third-order valence-electron chi connectivity index (χ3n) is 7.91. The number of rotatable bonds is 7. The third kappa shape index (κ3) is 4.78. The number of aryl methyl sites for hydroxylation is 2. The Morgan fingerprint density at radius 1 is 1.05 bits per heavy atom. The average Bonchev–Trinajstić information content (AvgIpc) is 3.41. The number of methoxy groups -OCH3 is 1. The first-order chi connectivity index (χ1) is 18.2. The molecule has 9 nitrogen and oxygen atoms in total. The molecule has 0 saturated carbocycles. The van der Waals surface area contributed by atoms with Crippen LogP contribution in [0.3, 0.4) is 0 Å². The molecule has 1 aliphatic heterocycles. The molecule has 0 amide bonds. The molecular formula is C29H37N7O2. The molecule has 5 rings (SSSR count). The number of ether oxygens (including phenoxy) is 1. The zero-order chi connectivity index (χ0) is 27.0. The van der Waals surface area contributed by atoms with Crippen LogP contribution in [-0.4, -0.2) is 63.4 Å². The Labute approximate surface area is 223 Å². The molecule has 1 fully saturated rings. The van der Waals surface area contributed by atoms with Crippen LogP contribution in [0, 0.1) is 13.8 Å². The van der Waals surface area contributed by atoms with Crippen LogP contribution in [0.1, 0.15) is 55.7 Å². The van der Waals surface area contributed by atoms with Crippen LogP contribution in [0.25, 0.3) is 10.9 Å². The number of anilines is 1. The monoisotopic (exact) mass is 515 g/mol. The Morgan fingerprint density at radius 2 is 1.76 bits per heavy atom. The summed E-state index contributed by atoms with van der Waals surface area (Å²) in [6, 6.07) is 14.0. The minimum absolute atomic E-state index is 0.101. The van der Waals surface area contributed by atoms with E-state index in [1.807, 2.05) is 29.8 Å². The molecule has 0 spiro atoms. The topological polar surface area (TPSA) is 92.2 Å². The van der Waals surface area contributed by atoms with E-state index in [1.54, 1.807) is 7.11 Å². The van der Waals surface area contributed by atoms with Gasteiger partial charge in [0, 0.05) is 37.4 Å². The van der Waals surface area contributed by atoms with Crippen LogP contribution >= 0.6 is 0 Å². The molecule has 1 unspecified atom stereocenters. The fourth-order valence-electron chi connectivity index (χ4n) is 5.38. The summed E-state index contributed by atoms with van der Waals surface area (Å²) in [6.45, 7) is 13.7. The number of aromatic nitrogens is 5. The van der Waals surface area contributed by atoms with E-state index in [4.69, 9.17) is 4.74 Å². The molecule has 0 aliphatic carbocycles. The zero-order valence-electron chi connectivity index (χ0n) is 23.2. The molecule has 3 heterocycles. The number of nitrogens with one attached hydrogen (secondary N) is 1. The summed E-state index contributed by atoms with van der Waals surface area (Å²) >= 11 is 0. The molecule has 9 heteroatoms. The van der Waals surface area contributed by atoms with Crippen LogP contribution in [0.5, 0.6) is 5.75 Å². The number of nitrogens with zero attached hydrogens (tertiary/aromatic N) is 6. The maximum absolute atomic E-state index is 13.6. The molecule has 1 N–H and O–H groups in total. The second kappa shape index (κ2) is 10.2. The van der Waals surface area contributed by atoms with Crippen LogP contribution in [0.15, 0.2) is 47.3 Å². The van der Waals surface area contributed by atoms with Gasteiger partial charge in [-0.25, -0.2) is 4.68 Å². The quantitative estimate of drug-likeness (QED) is 0.394. The SMILES string of the molecule is CCC(C)(C)n1nnnc1C(c1cc2cc(C)cc(C)c2[nH]c1=O)N1CCN(c2ccc(OC)cc2)CC1. The summed E-state index contributed by atoms with van der Waals surface area (Å²) in [6.07, 6.45) is 0.857. The summed E-state index contributed by atoms with van der Waals surface area (Å²) in [4.78, 5) is 21.5. The maximum atomic E-state index is 13.6. The van der Waals surface area contributed by atoms with Gasteiger partial charge in [-0.3, -0.25) is 9.69 Å². The lowest BCUT2D eigenvalue weighted by atomic mass is 9.98. The van der Waals surface area contributed by atoms with Crippen molar-refractivity contribution in [1.29, 1.82) is 0 Å². The molecule has 4 aromatic rings. The van der Waals surface area contributed by atoms with Crippen LogP contribution in [0.4, 0.5) is 5.69 Å². The molecule has 1 aliphatic rings. The molecule has 200 valence electrons. The van der Waals surface area contributed by atoms with Crippen LogP contribution < -0.4 is 15.2 Å². The van der Waals surface area contributed by atoms with Gasteiger partial charge in [-0.1, -0.05) is 18.6 Å². The lowest BCUT2D eigenvalue weighted by molar-refractivity contribution is 0.186. The van der Waals surface area contributed by atoms with Gasteiger partial charge in [0.05, 0.1) is 18.2 Å². The fourth-order valence-corrected chi connectivity index (χ4v) is 5.38. The summed E-state index contributed by atoms with van der Waals surface area (Å²) in [5, 5.41) is 14.0. The maximum Gasteiger partial charge on any atom is 0.253 e. The van der Waals surface area contributed by atoms with Crippen molar-refractivity contribution < 1.29 is 4.74 Å². The van der Waals surface area contributed by atoms with Crippen molar-refractivity contribution in [2.45, 2.75) is 52.6 Å². The molecule has 1 atom stereocenters. The van der Waals surface area contributed by atoms with Crippen molar-refractivity contribution in [3.63, 3.8) is 0 Å². The second-order valence-electron chi connectivity index (χ2n) is 10.8. The lowest BCUT2D eigenvalue weighted by Gasteiger charge is -2.40. The number of tetrazole rings is 1. The molecular weight excluding hydrogens is 478 g/mol. The Bertz CT molecular complexity index is 1480. The van der Waals surface area contributed by atoms with Gasteiger partial charge < -0.3 is 14.6 Å². The number of fused-ring (bicyclic) bond motifs is 1. The normalized spacial score (nSPS) is 15.7. The number of pyridine rings is 1. The van der Waals surface area contributed by atoms with Gasteiger partial charge in [0.15, 0.2) is 5.82 Å².